The van der Waals surface area contributed by atoms with Crippen LogP contribution in [0.1, 0.15) is 22.9 Å². The molecular formula is C25H19ClF2N2O2S. The highest BCUT2D eigenvalue weighted by molar-refractivity contribution is 7.13. The van der Waals surface area contributed by atoms with Crippen LogP contribution < -0.4 is 10.1 Å². The van der Waals surface area contributed by atoms with E-state index < -0.39 is 12.7 Å². The zero-order valence-electron chi connectivity index (χ0n) is 17.3. The van der Waals surface area contributed by atoms with E-state index in [-0.39, 0.29) is 18.1 Å². The Labute approximate surface area is 198 Å². The Morgan fingerprint density at radius 2 is 1.73 bits per heavy atom. The van der Waals surface area contributed by atoms with Gasteiger partial charge in [0.05, 0.1) is 18.2 Å². The van der Waals surface area contributed by atoms with Gasteiger partial charge in [-0.1, -0.05) is 66.2 Å². The fourth-order valence-corrected chi connectivity index (χ4v) is 4.37. The lowest BCUT2D eigenvalue weighted by atomic mass is 9.98. The Hall–Kier alpha value is -3.29. The standard InChI is InChI=1S/C25H19ClF2N2O2S/c26-19-8-4-7-18(13-19)24-29-20(15-33-24)14-22(31)30-23(16-5-2-1-3-6-16)17-9-11-21(12-10-17)32-25(27)28/h1-13,15,23,25H,14H2,(H,30,31). The number of hydrogen-bond acceptors (Lipinski definition) is 4. The van der Waals surface area contributed by atoms with Crippen LogP contribution in [0.3, 0.4) is 0 Å². The molecule has 1 heterocycles. The summed E-state index contributed by atoms with van der Waals surface area (Å²) in [5.41, 5.74) is 3.16. The molecule has 0 aliphatic heterocycles. The van der Waals surface area contributed by atoms with E-state index in [0.29, 0.717) is 10.7 Å². The lowest BCUT2D eigenvalue weighted by Crippen LogP contribution is -2.30. The number of thiazole rings is 1. The first-order chi connectivity index (χ1) is 16.0. The summed E-state index contributed by atoms with van der Waals surface area (Å²) in [6.45, 7) is -2.89. The molecule has 33 heavy (non-hydrogen) atoms. The molecule has 0 fully saturated rings. The van der Waals surface area contributed by atoms with Crippen molar-refractivity contribution in [1.82, 2.24) is 10.3 Å². The predicted octanol–water partition coefficient (Wildman–Crippen LogP) is 6.51. The van der Waals surface area contributed by atoms with Crippen LogP contribution in [0.25, 0.3) is 10.6 Å². The second-order valence-electron chi connectivity index (χ2n) is 7.19. The highest BCUT2D eigenvalue weighted by atomic mass is 35.5. The number of carbonyl (C=O) groups is 1. The number of alkyl halides is 2. The van der Waals surface area contributed by atoms with Crippen LogP contribution in [-0.2, 0) is 11.2 Å². The minimum atomic E-state index is -2.89. The fraction of sp³-hybridized carbons (Fsp3) is 0.120. The van der Waals surface area contributed by atoms with Gasteiger partial charge in [0.1, 0.15) is 10.8 Å². The molecule has 1 aromatic heterocycles. The number of nitrogens with one attached hydrogen (secondary N) is 1. The number of rotatable bonds is 8. The van der Waals surface area contributed by atoms with E-state index in [0.717, 1.165) is 21.7 Å². The van der Waals surface area contributed by atoms with Gasteiger partial charge in [-0.2, -0.15) is 8.78 Å². The van der Waals surface area contributed by atoms with Gasteiger partial charge in [-0.05, 0) is 35.4 Å². The average molecular weight is 485 g/mol. The molecule has 4 aromatic rings. The van der Waals surface area contributed by atoms with Gasteiger partial charge in [0.15, 0.2) is 0 Å². The van der Waals surface area contributed by atoms with Crippen molar-refractivity contribution in [3.63, 3.8) is 0 Å². The number of halogens is 3. The maximum Gasteiger partial charge on any atom is 0.387 e. The SMILES string of the molecule is O=C(Cc1csc(-c2cccc(Cl)c2)n1)NC(c1ccccc1)c1ccc(OC(F)F)cc1. The average Bonchev–Trinajstić information content (AvgIpc) is 3.27. The molecule has 0 spiro atoms. The van der Waals surface area contributed by atoms with Crippen LogP contribution >= 0.6 is 22.9 Å². The van der Waals surface area contributed by atoms with Crippen LogP contribution in [0.15, 0.2) is 84.2 Å². The summed E-state index contributed by atoms with van der Waals surface area (Å²) in [6, 6.07) is 22.6. The molecule has 0 saturated heterocycles. The highest BCUT2D eigenvalue weighted by Gasteiger charge is 2.18. The maximum atomic E-state index is 12.9. The third-order valence-corrected chi connectivity index (χ3v) is 6.02. The predicted molar refractivity (Wildman–Crippen MR) is 126 cm³/mol. The Morgan fingerprint density at radius 3 is 2.42 bits per heavy atom. The first-order valence-electron chi connectivity index (χ1n) is 10.1. The monoisotopic (exact) mass is 484 g/mol. The van der Waals surface area contributed by atoms with Crippen molar-refractivity contribution in [3.8, 4) is 16.3 Å². The van der Waals surface area contributed by atoms with Crippen LogP contribution in [0.4, 0.5) is 8.78 Å². The lowest BCUT2D eigenvalue weighted by molar-refractivity contribution is -0.121. The largest absolute Gasteiger partial charge is 0.435 e. The lowest BCUT2D eigenvalue weighted by Gasteiger charge is -2.20. The topological polar surface area (TPSA) is 51.2 Å². The molecular weight excluding hydrogens is 466 g/mol. The molecule has 0 radical (unpaired) electrons. The van der Waals surface area contributed by atoms with E-state index in [2.05, 4.69) is 15.0 Å². The number of ether oxygens (including phenoxy) is 1. The minimum absolute atomic E-state index is 0.0582. The molecule has 3 aromatic carbocycles. The molecule has 0 aliphatic rings. The third kappa shape index (κ3) is 6.15. The highest BCUT2D eigenvalue weighted by Crippen LogP contribution is 2.27. The van der Waals surface area contributed by atoms with Crippen molar-refractivity contribution in [1.29, 1.82) is 0 Å². The van der Waals surface area contributed by atoms with Gasteiger partial charge in [-0.25, -0.2) is 4.98 Å². The first-order valence-corrected chi connectivity index (χ1v) is 11.3. The molecule has 8 heteroatoms. The van der Waals surface area contributed by atoms with Gasteiger partial charge < -0.3 is 10.1 Å². The summed E-state index contributed by atoms with van der Waals surface area (Å²) in [5.74, 6) is -0.150. The van der Waals surface area contributed by atoms with Crippen LogP contribution in [0, 0.1) is 0 Å². The molecule has 0 aliphatic carbocycles. The zero-order valence-corrected chi connectivity index (χ0v) is 18.8. The second-order valence-corrected chi connectivity index (χ2v) is 8.48. The number of benzene rings is 3. The van der Waals surface area contributed by atoms with Gasteiger partial charge in [-0.15, -0.1) is 11.3 Å². The van der Waals surface area contributed by atoms with Crippen molar-refractivity contribution in [2.75, 3.05) is 0 Å². The molecule has 1 amide bonds. The van der Waals surface area contributed by atoms with E-state index in [4.69, 9.17) is 11.6 Å². The van der Waals surface area contributed by atoms with E-state index in [1.165, 1.54) is 23.5 Å². The molecule has 0 bridgehead atoms. The number of aromatic nitrogens is 1. The summed E-state index contributed by atoms with van der Waals surface area (Å²) >= 11 is 7.51. The number of carbonyl (C=O) groups excluding carboxylic acids is 1. The summed E-state index contributed by atoms with van der Waals surface area (Å²) in [4.78, 5) is 17.5. The maximum absolute atomic E-state index is 12.9. The van der Waals surface area contributed by atoms with Gasteiger partial charge in [-0.3, -0.25) is 4.79 Å². The van der Waals surface area contributed by atoms with Gasteiger partial charge >= 0.3 is 6.61 Å². The van der Waals surface area contributed by atoms with Gasteiger partial charge in [0.25, 0.3) is 0 Å². The number of hydrogen-bond donors (Lipinski definition) is 1. The molecule has 0 saturated carbocycles. The Bertz CT molecular complexity index is 1220. The van der Waals surface area contributed by atoms with Crippen molar-refractivity contribution in [3.05, 3.63) is 106 Å². The molecule has 1 atom stereocenters. The van der Waals surface area contributed by atoms with E-state index in [1.54, 1.807) is 18.2 Å². The zero-order chi connectivity index (χ0) is 23.2. The smallest absolute Gasteiger partial charge is 0.387 e. The third-order valence-electron chi connectivity index (χ3n) is 4.84. The van der Waals surface area contributed by atoms with Gasteiger partial charge in [0, 0.05) is 16.0 Å². The molecule has 1 unspecified atom stereocenters. The Balaban J connectivity index is 1.50. The summed E-state index contributed by atoms with van der Waals surface area (Å²) in [5, 5.41) is 6.29. The normalized spacial score (nSPS) is 11.9. The summed E-state index contributed by atoms with van der Waals surface area (Å²) in [7, 11) is 0. The molecule has 4 rings (SSSR count). The quantitative estimate of drug-likeness (QED) is 0.310. The van der Waals surface area contributed by atoms with E-state index in [9.17, 15) is 13.6 Å². The molecule has 4 nitrogen and oxygen atoms in total. The first kappa shape index (κ1) is 22.9. The van der Waals surface area contributed by atoms with Crippen molar-refractivity contribution in [2.24, 2.45) is 0 Å². The Kier molecular flexibility index (Phi) is 7.32. The van der Waals surface area contributed by atoms with Crippen molar-refractivity contribution in [2.45, 2.75) is 19.1 Å². The van der Waals surface area contributed by atoms with Crippen LogP contribution in [0.2, 0.25) is 5.02 Å². The molecule has 168 valence electrons. The number of nitrogens with zero attached hydrogens (tertiary/aromatic N) is 1. The van der Waals surface area contributed by atoms with E-state index >= 15 is 0 Å². The van der Waals surface area contributed by atoms with E-state index in [1.807, 2.05) is 53.9 Å². The molecule has 1 N–H and O–H groups in total. The Morgan fingerprint density at radius 1 is 1.00 bits per heavy atom. The van der Waals surface area contributed by atoms with Crippen LogP contribution in [0.5, 0.6) is 5.75 Å². The van der Waals surface area contributed by atoms with Crippen LogP contribution in [-0.4, -0.2) is 17.5 Å². The van der Waals surface area contributed by atoms with Crippen molar-refractivity contribution < 1.29 is 18.3 Å². The summed E-state index contributed by atoms with van der Waals surface area (Å²) in [6.07, 6.45) is 0.104. The summed E-state index contributed by atoms with van der Waals surface area (Å²) < 4.78 is 29.3. The number of amides is 1. The van der Waals surface area contributed by atoms with Gasteiger partial charge in [0.2, 0.25) is 5.91 Å². The second kappa shape index (κ2) is 10.6. The fourth-order valence-electron chi connectivity index (χ4n) is 3.37. The minimum Gasteiger partial charge on any atom is -0.435 e. The van der Waals surface area contributed by atoms with Crippen molar-refractivity contribution >= 4 is 28.8 Å².